The van der Waals surface area contributed by atoms with Gasteiger partial charge >= 0.3 is 0 Å². The average Bonchev–Trinajstić information content (AvgIpc) is 2.82. The maximum atomic E-state index is 2.32. The number of fused-ring (bicyclic) bond motifs is 1. The molecule has 1 aromatic carbocycles. The van der Waals surface area contributed by atoms with Crippen molar-refractivity contribution in [1.82, 2.24) is 0 Å². The highest BCUT2D eigenvalue weighted by Crippen LogP contribution is 2.34. The van der Waals surface area contributed by atoms with Crippen LogP contribution in [-0.2, 0) is 6.42 Å². The quantitative estimate of drug-likeness (QED) is 0.666. The minimum Gasteiger partial charge on any atom is -0.141 e. The van der Waals surface area contributed by atoms with Crippen molar-refractivity contribution in [2.75, 3.05) is 0 Å². The highest BCUT2D eigenvalue weighted by Gasteiger charge is 2.14. The second-order valence-electron chi connectivity index (χ2n) is 3.96. The third kappa shape index (κ3) is 1.53. The van der Waals surface area contributed by atoms with Gasteiger partial charge in [0.25, 0.3) is 0 Å². The molecule has 1 aromatic heterocycles. The second-order valence-corrected chi connectivity index (χ2v) is 5.24. The normalized spacial score (nSPS) is 13.8. The number of hydrogen-bond donors (Lipinski definition) is 0. The van der Waals surface area contributed by atoms with Crippen LogP contribution in [0.5, 0.6) is 0 Å². The van der Waals surface area contributed by atoms with Crippen molar-refractivity contribution in [1.29, 1.82) is 0 Å². The summed E-state index contributed by atoms with van der Waals surface area (Å²) in [6.45, 7) is 2.16. The van der Waals surface area contributed by atoms with Gasteiger partial charge < -0.3 is 0 Å². The Balaban J connectivity index is 2.01. The SMILES string of the molecule is Cc1ccc(C2=Cc3ccccc3C2)s1. The van der Waals surface area contributed by atoms with Gasteiger partial charge in [0.2, 0.25) is 0 Å². The van der Waals surface area contributed by atoms with E-state index >= 15 is 0 Å². The predicted molar refractivity (Wildman–Crippen MR) is 67.1 cm³/mol. The Morgan fingerprint density at radius 2 is 1.93 bits per heavy atom. The summed E-state index contributed by atoms with van der Waals surface area (Å²) >= 11 is 1.89. The van der Waals surface area contributed by atoms with Crippen LogP contribution in [0.4, 0.5) is 0 Å². The summed E-state index contributed by atoms with van der Waals surface area (Å²) < 4.78 is 0. The number of aryl methyl sites for hydroxylation is 1. The largest absolute Gasteiger partial charge is 0.141 e. The maximum Gasteiger partial charge on any atom is 0.0308 e. The molecule has 0 bridgehead atoms. The van der Waals surface area contributed by atoms with Gasteiger partial charge in [-0.05, 0) is 48.3 Å². The molecular formula is C14H12S. The van der Waals surface area contributed by atoms with E-state index < -0.39 is 0 Å². The summed E-state index contributed by atoms with van der Waals surface area (Å²) in [5, 5.41) is 0. The fourth-order valence-corrected chi connectivity index (χ4v) is 2.93. The average molecular weight is 212 g/mol. The molecule has 15 heavy (non-hydrogen) atoms. The van der Waals surface area contributed by atoms with E-state index in [1.807, 2.05) is 11.3 Å². The minimum atomic E-state index is 1.09. The smallest absolute Gasteiger partial charge is 0.0308 e. The summed E-state index contributed by atoms with van der Waals surface area (Å²) in [6, 6.07) is 13.1. The molecule has 0 nitrogen and oxygen atoms in total. The Morgan fingerprint density at radius 3 is 2.67 bits per heavy atom. The lowest BCUT2D eigenvalue weighted by atomic mass is 10.1. The molecule has 0 amide bonds. The van der Waals surface area contributed by atoms with Crippen LogP contribution in [0, 0.1) is 6.92 Å². The van der Waals surface area contributed by atoms with Gasteiger partial charge in [-0.25, -0.2) is 0 Å². The Bertz CT molecular complexity index is 532. The lowest BCUT2D eigenvalue weighted by Gasteiger charge is -1.97. The first-order chi connectivity index (χ1) is 7.33. The molecule has 1 heterocycles. The molecule has 0 radical (unpaired) electrons. The van der Waals surface area contributed by atoms with Crippen LogP contribution in [-0.4, -0.2) is 0 Å². The number of rotatable bonds is 1. The minimum absolute atomic E-state index is 1.09. The standard InChI is InChI=1S/C14H12S/c1-10-6-7-14(15-10)13-8-11-4-2-3-5-12(11)9-13/h2-8H,9H2,1H3. The second kappa shape index (κ2) is 3.35. The molecule has 0 unspecified atom stereocenters. The van der Waals surface area contributed by atoms with Crippen molar-refractivity contribution < 1.29 is 0 Å². The van der Waals surface area contributed by atoms with Crippen LogP contribution >= 0.6 is 11.3 Å². The molecule has 2 aromatic rings. The summed E-state index contributed by atoms with van der Waals surface area (Å²) in [4.78, 5) is 2.81. The van der Waals surface area contributed by atoms with E-state index in [-0.39, 0.29) is 0 Å². The first kappa shape index (κ1) is 8.93. The van der Waals surface area contributed by atoms with Gasteiger partial charge in [0.05, 0.1) is 0 Å². The van der Waals surface area contributed by atoms with Crippen LogP contribution < -0.4 is 0 Å². The molecule has 0 N–H and O–H groups in total. The molecule has 1 aliphatic rings. The highest BCUT2D eigenvalue weighted by molar-refractivity contribution is 7.13. The number of allylic oxidation sites excluding steroid dienone is 1. The zero-order valence-electron chi connectivity index (χ0n) is 8.66. The van der Waals surface area contributed by atoms with Gasteiger partial charge in [0, 0.05) is 9.75 Å². The fraction of sp³-hybridized carbons (Fsp3) is 0.143. The van der Waals surface area contributed by atoms with Crippen molar-refractivity contribution in [3.8, 4) is 0 Å². The molecule has 74 valence electrons. The Hall–Kier alpha value is -1.34. The summed E-state index contributed by atoms with van der Waals surface area (Å²) in [7, 11) is 0. The lowest BCUT2D eigenvalue weighted by Crippen LogP contribution is -1.81. The van der Waals surface area contributed by atoms with E-state index in [4.69, 9.17) is 0 Å². The van der Waals surface area contributed by atoms with Crippen molar-refractivity contribution in [3.63, 3.8) is 0 Å². The first-order valence-corrected chi connectivity index (χ1v) is 6.00. The fourth-order valence-electron chi connectivity index (χ4n) is 2.05. The molecule has 0 saturated carbocycles. The first-order valence-electron chi connectivity index (χ1n) is 5.18. The van der Waals surface area contributed by atoms with E-state index in [0.717, 1.165) is 6.42 Å². The zero-order valence-corrected chi connectivity index (χ0v) is 9.47. The van der Waals surface area contributed by atoms with Crippen molar-refractivity contribution in [2.45, 2.75) is 13.3 Å². The Morgan fingerprint density at radius 1 is 1.07 bits per heavy atom. The molecular weight excluding hydrogens is 200 g/mol. The van der Waals surface area contributed by atoms with Crippen molar-refractivity contribution in [3.05, 3.63) is 57.3 Å². The maximum absolute atomic E-state index is 2.32. The van der Waals surface area contributed by atoms with Crippen molar-refractivity contribution >= 4 is 23.0 Å². The number of thiophene rings is 1. The van der Waals surface area contributed by atoms with Gasteiger partial charge in [0.15, 0.2) is 0 Å². The van der Waals surface area contributed by atoms with Crippen LogP contribution in [0.1, 0.15) is 20.9 Å². The monoisotopic (exact) mass is 212 g/mol. The number of benzene rings is 1. The zero-order chi connectivity index (χ0) is 10.3. The molecule has 0 fully saturated rings. The number of hydrogen-bond acceptors (Lipinski definition) is 1. The Kier molecular flexibility index (Phi) is 2.00. The molecule has 1 aliphatic carbocycles. The Labute approximate surface area is 93.9 Å². The highest BCUT2D eigenvalue weighted by atomic mass is 32.1. The summed E-state index contributed by atoms with van der Waals surface area (Å²) in [5.74, 6) is 0. The topological polar surface area (TPSA) is 0 Å². The molecule has 0 atom stereocenters. The van der Waals surface area contributed by atoms with E-state index in [1.54, 1.807) is 0 Å². The molecule has 0 aliphatic heterocycles. The summed E-state index contributed by atoms with van der Waals surface area (Å²) in [5.41, 5.74) is 4.31. The van der Waals surface area contributed by atoms with Crippen LogP contribution in [0.3, 0.4) is 0 Å². The van der Waals surface area contributed by atoms with Gasteiger partial charge in [-0.2, -0.15) is 0 Å². The van der Waals surface area contributed by atoms with Gasteiger partial charge in [0.1, 0.15) is 0 Å². The molecule has 1 heteroatoms. The predicted octanol–water partition coefficient (Wildman–Crippen LogP) is 4.15. The lowest BCUT2D eigenvalue weighted by molar-refractivity contribution is 1.33. The van der Waals surface area contributed by atoms with Gasteiger partial charge in [-0.3, -0.25) is 0 Å². The summed E-state index contributed by atoms with van der Waals surface area (Å²) in [6.07, 6.45) is 3.41. The van der Waals surface area contributed by atoms with Crippen LogP contribution in [0.2, 0.25) is 0 Å². The van der Waals surface area contributed by atoms with Gasteiger partial charge in [-0.1, -0.05) is 24.3 Å². The van der Waals surface area contributed by atoms with E-state index in [1.165, 1.54) is 26.5 Å². The molecule has 0 saturated heterocycles. The van der Waals surface area contributed by atoms with Crippen molar-refractivity contribution in [2.24, 2.45) is 0 Å². The van der Waals surface area contributed by atoms with E-state index in [0.29, 0.717) is 0 Å². The third-order valence-corrected chi connectivity index (χ3v) is 3.90. The molecule has 0 spiro atoms. The molecule has 3 rings (SSSR count). The van der Waals surface area contributed by atoms with Crippen LogP contribution in [0.25, 0.3) is 11.6 Å². The van der Waals surface area contributed by atoms with E-state index in [9.17, 15) is 0 Å². The van der Waals surface area contributed by atoms with Gasteiger partial charge in [-0.15, -0.1) is 11.3 Å². The van der Waals surface area contributed by atoms with E-state index in [2.05, 4.69) is 49.4 Å². The van der Waals surface area contributed by atoms with Crippen LogP contribution in [0.15, 0.2) is 36.4 Å². The third-order valence-electron chi connectivity index (χ3n) is 2.82.